The molecule has 0 fully saturated rings. The second-order valence-electron chi connectivity index (χ2n) is 3.16. The van der Waals surface area contributed by atoms with Crippen molar-refractivity contribution in [2.45, 2.75) is 6.61 Å². The number of benzene rings is 1. The van der Waals surface area contributed by atoms with E-state index in [1.165, 1.54) is 11.5 Å². The predicted octanol–water partition coefficient (Wildman–Crippen LogP) is 2.44. The van der Waals surface area contributed by atoms with E-state index in [0.717, 1.165) is 23.2 Å². The minimum absolute atomic E-state index is 0.0348. The fourth-order valence-electron chi connectivity index (χ4n) is 1.23. The van der Waals surface area contributed by atoms with Crippen molar-refractivity contribution in [3.05, 3.63) is 35.5 Å². The van der Waals surface area contributed by atoms with E-state index in [-0.39, 0.29) is 12.4 Å². The Bertz CT molecular complexity index is 518. The lowest BCUT2D eigenvalue weighted by Gasteiger charge is -2.06. The van der Waals surface area contributed by atoms with Gasteiger partial charge in [-0.05, 0) is 12.1 Å². The molecule has 90 valence electrons. The molecule has 0 saturated carbocycles. The first-order chi connectivity index (χ1) is 8.20. The van der Waals surface area contributed by atoms with Crippen LogP contribution in [0.5, 0.6) is 5.75 Å². The maximum Gasteiger partial charge on any atom is 0.165 e. The van der Waals surface area contributed by atoms with Crippen LogP contribution in [0.4, 0.5) is 13.8 Å². The van der Waals surface area contributed by atoms with Gasteiger partial charge in [0.15, 0.2) is 11.6 Å². The highest BCUT2D eigenvalue weighted by Gasteiger charge is 2.10. The highest BCUT2D eigenvalue weighted by atomic mass is 32.1. The van der Waals surface area contributed by atoms with Gasteiger partial charge in [-0.25, -0.2) is 8.78 Å². The van der Waals surface area contributed by atoms with Gasteiger partial charge in [0.1, 0.15) is 23.1 Å². The maximum absolute atomic E-state index is 13.2. The van der Waals surface area contributed by atoms with Crippen LogP contribution in [0.3, 0.4) is 0 Å². The monoisotopic (exact) mass is 257 g/mol. The molecule has 0 aliphatic heterocycles. The number of hydrogen-bond acceptors (Lipinski definition) is 5. The molecule has 7 heteroatoms. The number of ether oxygens (including phenoxy) is 1. The fraction of sp³-hybridized carbons (Fsp3) is 0.200. The Labute approximate surface area is 100 Å². The summed E-state index contributed by atoms with van der Waals surface area (Å²) in [6, 6.07) is 3.04. The number of aromatic nitrogens is 2. The van der Waals surface area contributed by atoms with Crippen LogP contribution in [0.1, 0.15) is 5.69 Å². The van der Waals surface area contributed by atoms with Crippen LogP contribution in [-0.4, -0.2) is 16.6 Å². The molecular formula is C10H9F2N3OS. The van der Waals surface area contributed by atoms with Gasteiger partial charge in [-0.3, -0.25) is 0 Å². The average Bonchev–Trinajstić information content (AvgIpc) is 2.77. The minimum Gasteiger partial charge on any atom is -0.484 e. The third-order valence-electron chi connectivity index (χ3n) is 2.04. The molecule has 1 heterocycles. The molecular weight excluding hydrogens is 248 g/mol. The molecule has 0 unspecified atom stereocenters. The van der Waals surface area contributed by atoms with Crippen LogP contribution in [0, 0.1) is 11.6 Å². The summed E-state index contributed by atoms with van der Waals surface area (Å²) in [5.74, 6) is -1.30. The van der Waals surface area contributed by atoms with Crippen molar-refractivity contribution in [1.82, 2.24) is 9.59 Å². The molecule has 0 atom stereocenters. The summed E-state index contributed by atoms with van der Waals surface area (Å²) in [7, 11) is 1.72. The van der Waals surface area contributed by atoms with Gasteiger partial charge in [0.2, 0.25) is 0 Å². The number of rotatable bonds is 4. The number of hydrogen-bond donors (Lipinski definition) is 1. The van der Waals surface area contributed by atoms with Gasteiger partial charge in [0.25, 0.3) is 0 Å². The van der Waals surface area contributed by atoms with Gasteiger partial charge in [-0.2, -0.15) is 0 Å². The Morgan fingerprint density at radius 1 is 1.41 bits per heavy atom. The van der Waals surface area contributed by atoms with Crippen LogP contribution < -0.4 is 10.1 Å². The van der Waals surface area contributed by atoms with Gasteiger partial charge < -0.3 is 10.1 Å². The molecule has 0 aliphatic carbocycles. The third kappa shape index (κ3) is 2.68. The first kappa shape index (κ1) is 11.7. The lowest BCUT2D eigenvalue weighted by molar-refractivity contribution is 0.284. The number of anilines is 1. The largest absolute Gasteiger partial charge is 0.484 e. The molecule has 0 spiro atoms. The molecule has 0 amide bonds. The predicted molar refractivity (Wildman–Crippen MR) is 60.1 cm³/mol. The van der Waals surface area contributed by atoms with Crippen LogP contribution in [0.15, 0.2) is 18.2 Å². The van der Waals surface area contributed by atoms with Crippen LogP contribution in [0.25, 0.3) is 0 Å². The number of nitrogens with zero attached hydrogens (tertiary/aromatic N) is 2. The van der Waals surface area contributed by atoms with Gasteiger partial charge >= 0.3 is 0 Å². The van der Waals surface area contributed by atoms with E-state index in [1.807, 2.05) is 0 Å². The molecule has 1 aromatic carbocycles. The van der Waals surface area contributed by atoms with E-state index in [0.29, 0.717) is 5.69 Å². The number of nitrogens with one attached hydrogen (secondary N) is 1. The molecule has 1 N–H and O–H groups in total. The van der Waals surface area contributed by atoms with Crippen molar-refractivity contribution in [3.8, 4) is 5.75 Å². The molecule has 1 aromatic heterocycles. The van der Waals surface area contributed by atoms with E-state index in [1.54, 1.807) is 7.05 Å². The van der Waals surface area contributed by atoms with Crippen molar-refractivity contribution in [3.63, 3.8) is 0 Å². The van der Waals surface area contributed by atoms with Crippen LogP contribution >= 0.6 is 11.5 Å². The highest BCUT2D eigenvalue weighted by Crippen LogP contribution is 2.22. The van der Waals surface area contributed by atoms with E-state index in [4.69, 9.17) is 4.74 Å². The van der Waals surface area contributed by atoms with Crippen molar-refractivity contribution >= 4 is 16.5 Å². The summed E-state index contributed by atoms with van der Waals surface area (Å²) in [6.45, 7) is 0.0348. The second-order valence-corrected chi connectivity index (χ2v) is 3.92. The van der Waals surface area contributed by atoms with Gasteiger partial charge in [-0.15, -0.1) is 5.10 Å². The van der Waals surface area contributed by atoms with E-state index < -0.39 is 11.6 Å². The summed E-state index contributed by atoms with van der Waals surface area (Å²) < 4.78 is 35.0. The molecule has 17 heavy (non-hydrogen) atoms. The average molecular weight is 257 g/mol. The Kier molecular flexibility index (Phi) is 3.48. The van der Waals surface area contributed by atoms with E-state index >= 15 is 0 Å². The zero-order valence-electron chi connectivity index (χ0n) is 8.91. The van der Waals surface area contributed by atoms with E-state index in [9.17, 15) is 8.78 Å². The first-order valence-corrected chi connectivity index (χ1v) is 5.55. The van der Waals surface area contributed by atoms with Gasteiger partial charge in [-0.1, -0.05) is 4.49 Å². The molecule has 0 aliphatic rings. The van der Waals surface area contributed by atoms with Crippen molar-refractivity contribution in [1.29, 1.82) is 0 Å². The van der Waals surface area contributed by atoms with Crippen molar-refractivity contribution in [2.75, 3.05) is 12.4 Å². The number of halogens is 2. The van der Waals surface area contributed by atoms with Crippen molar-refractivity contribution in [2.24, 2.45) is 0 Å². The van der Waals surface area contributed by atoms with E-state index in [2.05, 4.69) is 14.9 Å². The van der Waals surface area contributed by atoms with Crippen LogP contribution in [0.2, 0.25) is 0 Å². The third-order valence-corrected chi connectivity index (χ3v) is 2.83. The van der Waals surface area contributed by atoms with Gasteiger partial charge in [0, 0.05) is 24.6 Å². The Morgan fingerprint density at radius 3 is 3.00 bits per heavy atom. The molecule has 0 bridgehead atoms. The minimum atomic E-state index is -0.611. The summed E-state index contributed by atoms with van der Waals surface area (Å²) in [5.41, 5.74) is 0.557. The second kappa shape index (κ2) is 5.05. The topological polar surface area (TPSA) is 47.0 Å². The fourth-order valence-corrected chi connectivity index (χ4v) is 1.74. The zero-order valence-corrected chi connectivity index (χ0v) is 9.72. The zero-order chi connectivity index (χ0) is 12.3. The lowest BCUT2D eigenvalue weighted by Crippen LogP contribution is -2.01. The maximum atomic E-state index is 13.2. The highest BCUT2D eigenvalue weighted by molar-refractivity contribution is 7.10. The molecule has 0 saturated heterocycles. The summed E-state index contributed by atoms with van der Waals surface area (Å²) in [6.07, 6.45) is 0. The summed E-state index contributed by atoms with van der Waals surface area (Å²) in [5, 5.41) is 7.44. The summed E-state index contributed by atoms with van der Waals surface area (Å²) in [4.78, 5) is 0. The SMILES string of the molecule is CNc1snnc1COc1cc(F)ccc1F. The standard InChI is InChI=1S/C10H9F2N3OS/c1-13-10-8(14-15-17-10)5-16-9-4-6(11)2-3-7(9)12/h2-4,13H,5H2,1H3. The van der Waals surface area contributed by atoms with Crippen molar-refractivity contribution < 1.29 is 13.5 Å². The Morgan fingerprint density at radius 2 is 2.24 bits per heavy atom. The molecule has 2 aromatic rings. The first-order valence-electron chi connectivity index (χ1n) is 4.77. The lowest BCUT2D eigenvalue weighted by atomic mass is 10.3. The normalized spacial score (nSPS) is 10.3. The Balaban J connectivity index is 2.09. The molecule has 0 radical (unpaired) electrons. The smallest absolute Gasteiger partial charge is 0.165 e. The quantitative estimate of drug-likeness (QED) is 0.913. The van der Waals surface area contributed by atoms with Gasteiger partial charge in [0.05, 0.1) is 0 Å². The molecule has 2 rings (SSSR count). The Hall–Kier alpha value is -1.76. The summed E-state index contributed by atoms with van der Waals surface area (Å²) >= 11 is 1.17. The molecule has 4 nitrogen and oxygen atoms in total. The van der Waals surface area contributed by atoms with Crippen LogP contribution in [-0.2, 0) is 6.61 Å².